The van der Waals surface area contributed by atoms with E-state index in [0.29, 0.717) is 12.1 Å². The molecule has 0 spiro atoms. The highest BCUT2D eigenvalue weighted by molar-refractivity contribution is 5.27. The quantitative estimate of drug-likeness (QED) is 0.543. The lowest BCUT2D eigenvalue weighted by atomic mass is 10.0. The van der Waals surface area contributed by atoms with Crippen LogP contribution in [0.5, 0.6) is 0 Å². The highest BCUT2D eigenvalue weighted by Gasteiger charge is 2.10. The van der Waals surface area contributed by atoms with Gasteiger partial charge in [-0.2, -0.15) is 0 Å². The highest BCUT2D eigenvalue weighted by atomic mass is 16.1. The van der Waals surface area contributed by atoms with E-state index in [1.807, 2.05) is 6.07 Å². The van der Waals surface area contributed by atoms with Gasteiger partial charge in [-0.3, -0.25) is 4.79 Å². The van der Waals surface area contributed by atoms with Gasteiger partial charge in [-0.25, -0.2) is 0 Å². The number of rotatable bonds is 1. The topological polar surface area (TPSA) is 70.9 Å². The van der Waals surface area contributed by atoms with E-state index in [4.69, 9.17) is 5.73 Å². The van der Waals surface area contributed by atoms with Gasteiger partial charge >= 0.3 is 0 Å². The molecule has 1 aromatic rings. The molecule has 2 rings (SSSR count). The van der Waals surface area contributed by atoms with Crippen molar-refractivity contribution in [3.05, 3.63) is 33.2 Å². The van der Waals surface area contributed by atoms with Gasteiger partial charge in [0.15, 0.2) is 0 Å². The Morgan fingerprint density at radius 1 is 1.54 bits per heavy atom. The number of hydrogen-bond donors (Lipinski definition) is 3. The summed E-state index contributed by atoms with van der Waals surface area (Å²) in [5.74, 6) is 0. The molecule has 0 atom stereocenters. The van der Waals surface area contributed by atoms with Gasteiger partial charge in [-0.15, -0.1) is 0 Å². The fourth-order valence-electron chi connectivity index (χ4n) is 1.63. The summed E-state index contributed by atoms with van der Waals surface area (Å²) < 4.78 is 0. The number of pyridine rings is 1. The molecular weight excluding hydrogens is 166 g/mol. The average Bonchev–Trinajstić information content (AvgIpc) is 2.17. The Labute approximate surface area is 76.2 Å². The van der Waals surface area contributed by atoms with E-state index < -0.39 is 0 Å². The van der Waals surface area contributed by atoms with Crippen molar-refractivity contribution in [1.29, 1.82) is 0 Å². The molecule has 0 saturated heterocycles. The van der Waals surface area contributed by atoms with Crippen molar-refractivity contribution in [2.45, 2.75) is 19.5 Å². The van der Waals surface area contributed by atoms with Crippen molar-refractivity contribution in [2.24, 2.45) is 5.73 Å². The van der Waals surface area contributed by atoms with Crippen LogP contribution in [0.25, 0.3) is 0 Å². The molecule has 4 nitrogen and oxygen atoms in total. The molecule has 0 aromatic carbocycles. The first-order valence-electron chi connectivity index (χ1n) is 4.46. The van der Waals surface area contributed by atoms with Crippen molar-refractivity contribution in [3.8, 4) is 0 Å². The fourth-order valence-corrected chi connectivity index (χ4v) is 1.63. The zero-order valence-corrected chi connectivity index (χ0v) is 7.39. The molecule has 2 heterocycles. The van der Waals surface area contributed by atoms with Crippen LogP contribution < -0.4 is 16.6 Å². The van der Waals surface area contributed by atoms with Crippen LogP contribution in [-0.2, 0) is 19.5 Å². The van der Waals surface area contributed by atoms with E-state index in [1.165, 1.54) is 5.56 Å². The molecule has 13 heavy (non-hydrogen) atoms. The monoisotopic (exact) mass is 179 g/mol. The van der Waals surface area contributed by atoms with E-state index in [9.17, 15) is 4.79 Å². The Balaban J connectivity index is 2.51. The summed E-state index contributed by atoms with van der Waals surface area (Å²) in [6.45, 7) is 2.05. The van der Waals surface area contributed by atoms with Gasteiger partial charge in [0, 0.05) is 24.3 Å². The second-order valence-electron chi connectivity index (χ2n) is 3.26. The van der Waals surface area contributed by atoms with Gasteiger partial charge < -0.3 is 16.0 Å². The van der Waals surface area contributed by atoms with Crippen molar-refractivity contribution in [3.63, 3.8) is 0 Å². The molecule has 0 aliphatic carbocycles. The number of nitrogens with two attached hydrogens (primary N) is 1. The Bertz CT molecular complexity index is 370. The lowest BCUT2D eigenvalue weighted by molar-refractivity contribution is 0.623. The van der Waals surface area contributed by atoms with Gasteiger partial charge in [0.2, 0.25) is 0 Å². The molecule has 1 aliphatic rings. The number of fused-ring (bicyclic) bond motifs is 1. The third-order valence-electron chi connectivity index (χ3n) is 2.38. The molecule has 70 valence electrons. The summed E-state index contributed by atoms with van der Waals surface area (Å²) in [6, 6.07) is 1.93. The van der Waals surface area contributed by atoms with Crippen LogP contribution in [0, 0.1) is 0 Å². The molecule has 1 aromatic heterocycles. The molecule has 0 radical (unpaired) electrons. The van der Waals surface area contributed by atoms with E-state index in [0.717, 1.165) is 25.2 Å². The van der Waals surface area contributed by atoms with Gasteiger partial charge in [0.1, 0.15) is 0 Å². The Hall–Kier alpha value is -1.13. The lowest BCUT2D eigenvalue weighted by Crippen LogP contribution is -2.29. The smallest absolute Gasteiger partial charge is 0.252 e. The average molecular weight is 179 g/mol. The summed E-state index contributed by atoms with van der Waals surface area (Å²) in [5, 5.41) is 3.20. The van der Waals surface area contributed by atoms with Crippen LogP contribution in [0.3, 0.4) is 0 Å². The molecule has 0 unspecified atom stereocenters. The van der Waals surface area contributed by atoms with Crippen LogP contribution in [0.4, 0.5) is 0 Å². The maximum atomic E-state index is 11.4. The first-order chi connectivity index (χ1) is 6.31. The second kappa shape index (κ2) is 3.32. The third-order valence-corrected chi connectivity index (χ3v) is 2.38. The normalized spacial score (nSPS) is 15.5. The maximum absolute atomic E-state index is 11.4. The third kappa shape index (κ3) is 1.50. The maximum Gasteiger partial charge on any atom is 0.252 e. The zero-order valence-electron chi connectivity index (χ0n) is 7.39. The predicted molar refractivity (Wildman–Crippen MR) is 50.4 cm³/mol. The second-order valence-corrected chi connectivity index (χ2v) is 3.26. The Morgan fingerprint density at radius 3 is 3.15 bits per heavy atom. The summed E-state index contributed by atoms with van der Waals surface area (Å²) in [6.07, 6.45) is 0.971. The molecule has 0 fully saturated rings. The fraction of sp³-hybridized carbons (Fsp3) is 0.444. The number of aromatic nitrogens is 1. The molecule has 0 bridgehead atoms. The van der Waals surface area contributed by atoms with E-state index in [1.54, 1.807) is 0 Å². The van der Waals surface area contributed by atoms with Crippen molar-refractivity contribution in [1.82, 2.24) is 10.3 Å². The minimum atomic E-state index is -0.0510. The summed E-state index contributed by atoms with van der Waals surface area (Å²) >= 11 is 0. The molecular formula is C9H13N3O. The van der Waals surface area contributed by atoms with Crippen LogP contribution in [0.1, 0.15) is 16.8 Å². The minimum absolute atomic E-state index is 0.0510. The first-order valence-corrected chi connectivity index (χ1v) is 4.46. The highest BCUT2D eigenvalue weighted by Crippen LogP contribution is 2.09. The minimum Gasteiger partial charge on any atom is -0.326 e. The SMILES string of the molecule is NCc1cc2c([nH]c1=O)CNCC2. The number of H-pyrrole nitrogens is 1. The van der Waals surface area contributed by atoms with Crippen LogP contribution in [0.15, 0.2) is 10.9 Å². The standard InChI is InChI=1S/C9H13N3O/c10-4-7-3-6-1-2-11-5-8(6)12-9(7)13/h3,11H,1-2,4-5,10H2,(H,12,13). The van der Waals surface area contributed by atoms with Gasteiger partial charge in [-0.1, -0.05) is 0 Å². The largest absolute Gasteiger partial charge is 0.326 e. The van der Waals surface area contributed by atoms with E-state index >= 15 is 0 Å². The van der Waals surface area contributed by atoms with E-state index in [2.05, 4.69) is 10.3 Å². The summed E-state index contributed by atoms with van der Waals surface area (Å²) in [7, 11) is 0. The van der Waals surface area contributed by atoms with Crippen molar-refractivity contribution < 1.29 is 0 Å². The van der Waals surface area contributed by atoms with Gasteiger partial charge in [0.05, 0.1) is 0 Å². The van der Waals surface area contributed by atoms with Gasteiger partial charge in [-0.05, 0) is 24.6 Å². The zero-order chi connectivity index (χ0) is 9.26. The van der Waals surface area contributed by atoms with Crippen LogP contribution in [-0.4, -0.2) is 11.5 Å². The molecule has 0 amide bonds. The van der Waals surface area contributed by atoms with E-state index in [-0.39, 0.29) is 5.56 Å². The molecule has 0 saturated carbocycles. The molecule has 4 heteroatoms. The van der Waals surface area contributed by atoms with Crippen molar-refractivity contribution >= 4 is 0 Å². The summed E-state index contributed by atoms with van der Waals surface area (Å²) in [4.78, 5) is 14.2. The van der Waals surface area contributed by atoms with Crippen molar-refractivity contribution in [2.75, 3.05) is 6.54 Å². The van der Waals surface area contributed by atoms with Gasteiger partial charge in [0.25, 0.3) is 5.56 Å². The Kier molecular flexibility index (Phi) is 2.16. The molecule has 4 N–H and O–H groups in total. The molecule has 1 aliphatic heterocycles. The number of aromatic amines is 1. The summed E-state index contributed by atoms with van der Waals surface area (Å²) in [5.41, 5.74) is 8.31. The lowest BCUT2D eigenvalue weighted by Gasteiger charge is -2.16. The van der Waals surface area contributed by atoms with Crippen LogP contribution in [0.2, 0.25) is 0 Å². The Morgan fingerprint density at radius 2 is 2.38 bits per heavy atom. The number of hydrogen-bond acceptors (Lipinski definition) is 3. The first kappa shape index (κ1) is 8.47. The van der Waals surface area contributed by atoms with Crippen LogP contribution >= 0.6 is 0 Å². The predicted octanol–water partition coefficient (Wildman–Crippen LogP) is -0.521. The number of nitrogens with one attached hydrogen (secondary N) is 2.